The van der Waals surface area contributed by atoms with Crippen LogP contribution < -0.4 is 10.6 Å². The second-order valence-corrected chi connectivity index (χ2v) is 8.65. The van der Waals surface area contributed by atoms with Crippen molar-refractivity contribution in [1.82, 2.24) is 19.8 Å². The van der Waals surface area contributed by atoms with Crippen LogP contribution in [0.5, 0.6) is 5.75 Å². The van der Waals surface area contributed by atoms with E-state index in [1.165, 1.54) is 22.7 Å². The van der Waals surface area contributed by atoms with Gasteiger partial charge in [-0.15, -0.1) is 0 Å². The number of hydrogen-bond donors (Lipinski definition) is 3. The number of nitrogens with zero attached hydrogens (tertiary/aromatic N) is 3. The lowest BCUT2D eigenvalue weighted by Crippen LogP contribution is -2.46. The van der Waals surface area contributed by atoms with Crippen LogP contribution in [0.15, 0.2) is 42.5 Å². The first-order valence-corrected chi connectivity index (χ1v) is 11.3. The fourth-order valence-corrected chi connectivity index (χ4v) is 4.13. The Balaban J connectivity index is 1.59. The van der Waals surface area contributed by atoms with Crippen molar-refractivity contribution in [2.75, 3.05) is 32.0 Å². The average molecular weight is 504 g/mol. The number of halogens is 4. The third-order valence-electron chi connectivity index (χ3n) is 5.91. The highest BCUT2D eigenvalue weighted by molar-refractivity contribution is 5.96. The summed E-state index contributed by atoms with van der Waals surface area (Å²) >= 11 is 0. The molecule has 2 aromatic heterocycles. The first-order valence-electron chi connectivity index (χ1n) is 11.3. The minimum Gasteiger partial charge on any atom is -0.507 e. The predicted octanol–water partition coefficient (Wildman–Crippen LogP) is 3.38. The molecular weight excluding hydrogens is 478 g/mol. The standard InChI is InChI=1S/C25H25F4N5O2/c1-33-13-11-20(18(26)15-33)31-23-10-4-8-21-17(14-25(27,28)29)19(32-34(21)23)7-5-12-30-24(36)16-6-2-3-9-22(16)35/h2-4,6,8-10,18,20,31,35H,11-15H2,1H3,(H,30,36)/t18-,20+/m0/s1. The molecule has 3 N–H and O–H groups in total. The van der Waals surface area contributed by atoms with E-state index in [9.17, 15) is 27.5 Å². The van der Waals surface area contributed by atoms with Crippen molar-refractivity contribution >= 4 is 17.2 Å². The smallest absolute Gasteiger partial charge is 0.393 e. The molecule has 0 unspecified atom stereocenters. The van der Waals surface area contributed by atoms with Gasteiger partial charge in [0.1, 0.15) is 23.4 Å². The molecule has 36 heavy (non-hydrogen) atoms. The third-order valence-corrected chi connectivity index (χ3v) is 5.91. The summed E-state index contributed by atoms with van der Waals surface area (Å²) < 4.78 is 56.0. The zero-order valence-electron chi connectivity index (χ0n) is 19.4. The maximum Gasteiger partial charge on any atom is 0.393 e. The molecule has 7 nitrogen and oxygen atoms in total. The molecule has 0 bridgehead atoms. The van der Waals surface area contributed by atoms with E-state index < -0.39 is 30.7 Å². The van der Waals surface area contributed by atoms with Crippen molar-refractivity contribution in [2.45, 2.75) is 31.2 Å². The van der Waals surface area contributed by atoms with Crippen molar-refractivity contribution in [3.05, 3.63) is 59.3 Å². The first-order chi connectivity index (χ1) is 17.1. The molecule has 3 heterocycles. The largest absolute Gasteiger partial charge is 0.507 e. The number of likely N-dealkylation sites (tertiary alicyclic amines) is 1. The van der Waals surface area contributed by atoms with Crippen LogP contribution >= 0.6 is 0 Å². The van der Waals surface area contributed by atoms with Crippen molar-refractivity contribution in [1.29, 1.82) is 0 Å². The van der Waals surface area contributed by atoms with Gasteiger partial charge in [-0.2, -0.15) is 18.3 Å². The average Bonchev–Trinajstić information content (AvgIpc) is 3.15. The van der Waals surface area contributed by atoms with E-state index in [2.05, 4.69) is 27.6 Å². The summed E-state index contributed by atoms with van der Waals surface area (Å²) in [6.45, 7) is 0.779. The number of amides is 1. The minimum absolute atomic E-state index is 0.0561. The number of carbonyl (C=O) groups excluding carboxylic acids is 1. The lowest BCUT2D eigenvalue weighted by molar-refractivity contribution is -0.127. The van der Waals surface area contributed by atoms with E-state index in [1.54, 1.807) is 24.3 Å². The van der Waals surface area contributed by atoms with Gasteiger partial charge in [0.25, 0.3) is 5.91 Å². The topological polar surface area (TPSA) is 81.9 Å². The van der Waals surface area contributed by atoms with Crippen LogP contribution in [-0.2, 0) is 6.42 Å². The van der Waals surface area contributed by atoms with Crippen molar-refractivity contribution in [3.63, 3.8) is 0 Å². The number of alkyl halides is 4. The summed E-state index contributed by atoms with van der Waals surface area (Å²) in [7, 11) is 1.83. The van der Waals surface area contributed by atoms with Crippen molar-refractivity contribution < 1.29 is 27.5 Å². The number of piperidine rings is 1. The Morgan fingerprint density at radius 1 is 1.22 bits per heavy atom. The van der Waals surface area contributed by atoms with Gasteiger partial charge in [-0.3, -0.25) is 4.79 Å². The van der Waals surface area contributed by atoms with Crippen LogP contribution in [-0.4, -0.2) is 70.6 Å². The maximum atomic E-state index is 14.6. The van der Waals surface area contributed by atoms with Gasteiger partial charge in [0.05, 0.1) is 30.1 Å². The molecule has 1 amide bonds. The Hall–Kier alpha value is -3.78. The molecule has 0 aliphatic carbocycles. The predicted molar refractivity (Wildman–Crippen MR) is 127 cm³/mol. The fraction of sp³-hybridized carbons (Fsp3) is 0.360. The molecule has 1 saturated heterocycles. The number of hydrogen-bond acceptors (Lipinski definition) is 5. The molecule has 1 fully saturated rings. The molecule has 190 valence electrons. The van der Waals surface area contributed by atoms with Crippen LogP contribution in [0, 0.1) is 11.8 Å². The minimum atomic E-state index is -4.50. The second kappa shape index (κ2) is 10.5. The summed E-state index contributed by atoms with van der Waals surface area (Å²) in [5.41, 5.74) is 0.0770. The fourth-order valence-electron chi connectivity index (χ4n) is 4.13. The molecule has 0 saturated carbocycles. The van der Waals surface area contributed by atoms with Crippen LogP contribution in [0.1, 0.15) is 28.0 Å². The molecule has 2 atom stereocenters. The number of benzene rings is 1. The van der Waals surface area contributed by atoms with E-state index >= 15 is 0 Å². The van der Waals surface area contributed by atoms with Crippen LogP contribution in [0.2, 0.25) is 0 Å². The SMILES string of the molecule is CN1CC[C@@H](Nc2cccc3c(CC(F)(F)F)c(C#CCNC(=O)c4ccccc4O)nn23)[C@@H](F)C1. The molecular formula is C25H25F4N5O2. The van der Waals surface area contributed by atoms with Gasteiger partial charge >= 0.3 is 6.18 Å². The number of anilines is 1. The molecule has 0 radical (unpaired) electrons. The third kappa shape index (κ3) is 5.88. The molecule has 4 rings (SSSR count). The molecule has 3 aromatic rings. The van der Waals surface area contributed by atoms with E-state index in [0.29, 0.717) is 18.8 Å². The number of phenolic OH excluding ortho intramolecular Hbond substituents is 1. The van der Waals surface area contributed by atoms with Gasteiger partial charge < -0.3 is 20.6 Å². The number of phenols is 1. The van der Waals surface area contributed by atoms with Crippen LogP contribution in [0.3, 0.4) is 0 Å². The number of pyridine rings is 1. The van der Waals surface area contributed by atoms with E-state index in [1.807, 2.05) is 11.9 Å². The number of nitrogens with one attached hydrogen (secondary N) is 2. The monoisotopic (exact) mass is 503 g/mol. The van der Waals surface area contributed by atoms with E-state index in [4.69, 9.17) is 0 Å². The number of fused-ring (bicyclic) bond motifs is 1. The number of aromatic hydroxyl groups is 1. The summed E-state index contributed by atoms with van der Waals surface area (Å²) in [5.74, 6) is 4.85. The maximum absolute atomic E-state index is 14.6. The van der Waals surface area contributed by atoms with Gasteiger partial charge in [-0.1, -0.05) is 24.1 Å². The van der Waals surface area contributed by atoms with Crippen LogP contribution in [0.4, 0.5) is 23.4 Å². The normalized spacial score (nSPS) is 18.5. The Kier molecular flexibility index (Phi) is 7.35. The number of para-hydroxylation sites is 1. The molecule has 11 heteroatoms. The van der Waals surface area contributed by atoms with Crippen LogP contribution in [0.25, 0.3) is 5.52 Å². The first kappa shape index (κ1) is 25.3. The summed E-state index contributed by atoms with van der Waals surface area (Å²) in [6, 6.07) is 10.2. The van der Waals surface area contributed by atoms with Gasteiger partial charge in [0.2, 0.25) is 0 Å². The Labute approximate surface area is 205 Å². The molecule has 1 aliphatic heterocycles. The van der Waals surface area contributed by atoms with Gasteiger partial charge in [-0.25, -0.2) is 8.91 Å². The van der Waals surface area contributed by atoms with E-state index in [0.717, 1.165) is 0 Å². The highest BCUT2D eigenvalue weighted by atomic mass is 19.4. The Morgan fingerprint density at radius 2 is 2.00 bits per heavy atom. The summed E-state index contributed by atoms with van der Waals surface area (Å²) in [4.78, 5) is 14.1. The number of carbonyl (C=O) groups is 1. The van der Waals surface area contributed by atoms with Gasteiger partial charge in [0.15, 0.2) is 0 Å². The Bertz CT molecular complexity index is 1310. The lowest BCUT2D eigenvalue weighted by Gasteiger charge is -2.33. The van der Waals surface area contributed by atoms with Crippen molar-refractivity contribution in [2.24, 2.45) is 0 Å². The number of rotatable bonds is 5. The molecule has 1 aliphatic rings. The summed E-state index contributed by atoms with van der Waals surface area (Å²) in [6.07, 6.45) is -6.35. The molecule has 0 spiro atoms. The second-order valence-electron chi connectivity index (χ2n) is 8.65. The quantitative estimate of drug-likeness (QED) is 0.368. The van der Waals surface area contributed by atoms with Gasteiger partial charge in [-0.05, 0) is 43.7 Å². The zero-order valence-corrected chi connectivity index (χ0v) is 19.4. The molecule has 1 aromatic carbocycles. The lowest BCUT2D eigenvalue weighted by atomic mass is 10.0. The van der Waals surface area contributed by atoms with Gasteiger partial charge in [0, 0.05) is 18.7 Å². The van der Waals surface area contributed by atoms with E-state index in [-0.39, 0.29) is 41.2 Å². The zero-order chi connectivity index (χ0) is 25.9. The summed E-state index contributed by atoms with van der Waals surface area (Å²) in [5, 5.41) is 19.6. The number of aromatic nitrogens is 2. The van der Waals surface area contributed by atoms with Crippen molar-refractivity contribution in [3.8, 4) is 17.6 Å². The highest BCUT2D eigenvalue weighted by Crippen LogP contribution is 2.28. The highest BCUT2D eigenvalue weighted by Gasteiger charge is 2.32. The Morgan fingerprint density at radius 3 is 2.72 bits per heavy atom.